The van der Waals surface area contributed by atoms with Crippen molar-refractivity contribution < 1.29 is 4.79 Å². The Kier molecular flexibility index (Phi) is 4.49. The van der Waals surface area contributed by atoms with Crippen molar-refractivity contribution in [1.29, 1.82) is 0 Å². The minimum absolute atomic E-state index is 0.138. The summed E-state index contributed by atoms with van der Waals surface area (Å²) in [5, 5.41) is 0. The summed E-state index contributed by atoms with van der Waals surface area (Å²) in [6.07, 6.45) is 2.29. The Morgan fingerprint density at radius 2 is 2.06 bits per heavy atom. The van der Waals surface area contributed by atoms with Crippen molar-refractivity contribution in [1.82, 2.24) is 4.90 Å². The second-order valence-corrected chi connectivity index (χ2v) is 6.98. The minimum atomic E-state index is 0.138. The quantitative estimate of drug-likeness (QED) is 0.761. The first-order chi connectivity index (χ1) is 8.49. The lowest BCUT2D eigenvalue weighted by atomic mass is 10.1. The summed E-state index contributed by atoms with van der Waals surface area (Å²) in [6, 6.07) is 6.19. The summed E-state index contributed by atoms with van der Waals surface area (Å²) in [7, 11) is 0. The average Bonchev–Trinajstić information content (AvgIpc) is 3.12. The number of carbonyl (C=O) groups excluding carboxylic acids is 1. The first-order valence-electron chi connectivity index (χ1n) is 6.25. The van der Waals surface area contributed by atoms with Gasteiger partial charge < -0.3 is 4.90 Å². The van der Waals surface area contributed by atoms with Gasteiger partial charge in [0.2, 0.25) is 0 Å². The normalized spacial score (nSPS) is 14.9. The van der Waals surface area contributed by atoms with Crippen molar-refractivity contribution in [2.75, 3.05) is 6.54 Å². The Hall–Kier alpha value is -0.350. The van der Waals surface area contributed by atoms with Crippen LogP contribution in [0.2, 0.25) is 0 Å². The number of rotatable bonds is 4. The fourth-order valence-corrected chi connectivity index (χ4v) is 2.77. The van der Waals surface area contributed by atoms with Crippen LogP contribution in [0.3, 0.4) is 0 Å². The molecule has 4 heteroatoms. The van der Waals surface area contributed by atoms with Gasteiger partial charge in [0.05, 0.1) is 5.56 Å². The van der Waals surface area contributed by atoms with Gasteiger partial charge in [-0.2, -0.15) is 0 Å². The van der Waals surface area contributed by atoms with Crippen LogP contribution < -0.4 is 0 Å². The summed E-state index contributed by atoms with van der Waals surface area (Å²) < 4.78 is 1.81. The van der Waals surface area contributed by atoms with Crippen LogP contribution in [0.15, 0.2) is 27.1 Å². The van der Waals surface area contributed by atoms with E-state index in [1.165, 1.54) is 0 Å². The summed E-state index contributed by atoms with van der Waals surface area (Å²) in [5.74, 6) is 0.639. The zero-order valence-electron chi connectivity index (χ0n) is 10.6. The standard InChI is InChI=1S/C14H17Br2NO/c1-9(2)8-17(11-4-5-11)14(18)12-7-10(15)3-6-13(12)16/h3,6-7,9,11H,4-5,8H2,1-2H3. The van der Waals surface area contributed by atoms with Gasteiger partial charge in [-0.15, -0.1) is 0 Å². The van der Waals surface area contributed by atoms with Gasteiger partial charge in [-0.3, -0.25) is 4.79 Å². The lowest BCUT2D eigenvalue weighted by Gasteiger charge is -2.25. The Bertz CT molecular complexity index is 455. The molecule has 1 aliphatic carbocycles. The molecule has 2 nitrogen and oxygen atoms in total. The third kappa shape index (κ3) is 3.35. The predicted octanol–water partition coefficient (Wildman–Crippen LogP) is 4.47. The third-order valence-corrected chi connectivity index (χ3v) is 4.15. The molecular weight excluding hydrogens is 358 g/mol. The molecule has 1 aromatic carbocycles. The Balaban J connectivity index is 2.24. The van der Waals surface area contributed by atoms with Gasteiger partial charge in [-0.05, 0) is 52.9 Å². The van der Waals surface area contributed by atoms with Gasteiger partial charge in [0.15, 0.2) is 0 Å². The molecule has 0 atom stereocenters. The Morgan fingerprint density at radius 3 is 2.61 bits per heavy atom. The second-order valence-electron chi connectivity index (χ2n) is 5.21. The molecule has 0 saturated heterocycles. The van der Waals surface area contributed by atoms with E-state index in [1.807, 2.05) is 23.1 Å². The van der Waals surface area contributed by atoms with Crippen LogP contribution in [0.4, 0.5) is 0 Å². The second kappa shape index (κ2) is 5.74. The minimum Gasteiger partial charge on any atom is -0.335 e. The van der Waals surface area contributed by atoms with Gasteiger partial charge >= 0.3 is 0 Å². The van der Waals surface area contributed by atoms with E-state index in [2.05, 4.69) is 45.7 Å². The molecule has 0 aromatic heterocycles. The van der Waals surface area contributed by atoms with Gasteiger partial charge in [-0.1, -0.05) is 29.8 Å². The highest BCUT2D eigenvalue weighted by Gasteiger charge is 2.33. The predicted molar refractivity (Wildman–Crippen MR) is 80.7 cm³/mol. The lowest BCUT2D eigenvalue weighted by molar-refractivity contribution is 0.0721. The Morgan fingerprint density at radius 1 is 1.39 bits per heavy atom. The van der Waals surface area contributed by atoms with Crippen molar-refractivity contribution in [3.63, 3.8) is 0 Å². The van der Waals surface area contributed by atoms with E-state index in [4.69, 9.17) is 0 Å². The van der Waals surface area contributed by atoms with E-state index < -0.39 is 0 Å². The van der Waals surface area contributed by atoms with E-state index >= 15 is 0 Å². The van der Waals surface area contributed by atoms with Crippen molar-refractivity contribution in [3.05, 3.63) is 32.7 Å². The maximum atomic E-state index is 12.6. The maximum Gasteiger partial charge on any atom is 0.255 e. The molecule has 18 heavy (non-hydrogen) atoms. The molecule has 0 aliphatic heterocycles. The molecule has 1 aromatic rings. The number of carbonyl (C=O) groups is 1. The zero-order valence-corrected chi connectivity index (χ0v) is 13.8. The number of hydrogen-bond acceptors (Lipinski definition) is 1. The smallest absolute Gasteiger partial charge is 0.255 e. The van der Waals surface area contributed by atoms with Crippen LogP contribution in [-0.4, -0.2) is 23.4 Å². The SMILES string of the molecule is CC(C)CN(C(=O)c1cc(Br)ccc1Br)C1CC1. The number of nitrogens with zero attached hydrogens (tertiary/aromatic N) is 1. The number of hydrogen-bond donors (Lipinski definition) is 0. The molecule has 98 valence electrons. The van der Waals surface area contributed by atoms with E-state index in [9.17, 15) is 4.79 Å². The van der Waals surface area contributed by atoms with E-state index in [1.54, 1.807) is 0 Å². The number of amides is 1. The molecule has 0 N–H and O–H groups in total. The van der Waals surface area contributed by atoms with Crippen molar-refractivity contribution in [2.45, 2.75) is 32.7 Å². The largest absolute Gasteiger partial charge is 0.335 e. The molecule has 1 amide bonds. The van der Waals surface area contributed by atoms with Gasteiger partial charge in [0.1, 0.15) is 0 Å². The summed E-state index contributed by atoms with van der Waals surface area (Å²) >= 11 is 6.89. The topological polar surface area (TPSA) is 20.3 Å². The average molecular weight is 375 g/mol. The van der Waals surface area contributed by atoms with Crippen LogP contribution in [0.5, 0.6) is 0 Å². The molecule has 0 bridgehead atoms. The Labute approximate surface area is 125 Å². The highest BCUT2D eigenvalue weighted by molar-refractivity contribution is 9.11. The highest BCUT2D eigenvalue weighted by atomic mass is 79.9. The first kappa shape index (κ1) is 14.1. The van der Waals surface area contributed by atoms with Crippen LogP contribution in [0.25, 0.3) is 0 Å². The van der Waals surface area contributed by atoms with Crippen molar-refractivity contribution in [3.8, 4) is 0 Å². The third-order valence-electron chi connectivity index (χ3n) is 2.97. The van der Waals surface area contributed by atoms with Crippen LogP contribution in [0, 0.1) is 5.92 Å². The first-order valence-corrected chi connectivity index (χ1v) is 7.83. The number of halogens is 2. The summed E-state index contributed by atoms with van der Waals surface area (Å²) in [4.78, 5) is 14.6. The van der Waals surface area contributed by atoms with E-state index in [-0.39, 0.29) is 5.91 Å². The van der Waals surface area contributed by atoms with Gasteiger partial charge in [0.25, 0.3) is 5.91 Å². The highest BCUT2D eigenvalue weighted by Crippen LogP contribution is 2.31. The van der Waals surface area contributed by atoms with Crippen LogP contribution in [0.1, 0.15) is 37.0 Å². The van der Waals surface area contributed by atoms with Crippen LogP contribution >= 0.6 is 31.9 Å². The van der Waals surface area contributed by atoms with Crippen molar-refractivity contribution >= 4 is 37.8 Å². The van der Waals surface area contributed by atoms with Crippen LogP contribution in [-0.2, 0) is 0 Å². The van der Waals surface area contributed by atoms with Crippen molar-refractivity contribution in [2.24, 2.45) is 5.92 Å². The van der Waals surface area contributed by atoms with E-state index in [0.717, 1.165) is 33.9 Å². The molecular formula is C14H17Br2NO. The molecule has 0 spiro atoms. The lowest BCUT2D eigenvalue weighted by Crippen LogP contribution is -2.36. The zero-order chi connectivity index (χ0) is 13.3. The van der Waals surface area contributed by atoms with Gasteiger partial charge in [0, 0.05) is 21.5 Å². The fourth-order valence-electron chi connectivity index (χ4n) is 1.99. The number of benzene rings is 1. The summed E-state index contributed by atoms with van der Waals surface area (Å²) in [5.41, 5.74) is 0.747. The summed E-state index contributed by atoms with van der Waals surface area (Å²) in [6.45, 7) is 5.14. The van der Waals surface area contributed by atoms with Gasteiger partial charge in [-0.25, -0.2) is 0 Å². The molecule has 0 heterocycles. The fraction of sp³-hybridized carbons (Fsp3) is 0.500. The maximum absolute atomic E-state index is 12.6. The molecule has 1 saturated carbocycles. The molecule has 1 aliphatic rings. The molecule has 0 unspecified atom stereocenters. The monoisotopic (exact) mass is 373 g/mol. The molecule has 0 radical (unpaired) electrons. The molecule has 1 fully saturated rings. The van der Waals surface area contributed by atoms with E-state index in [0.29, 0.717) is 12.0 Å². The molecule has 2 rings (SSSR count).